The summed E-state index contributed by atoms with van der Waals surface area (Å²) in [5.74, 6) is 0.954. The lowest BCUT2D eigenvalue weighted by Crippen LogP contribution is -2.35. The molecular formula is C12H16N2O2. The van der Waals surface area contributed by atoms with Crippen molar-refractivity contribution < 1.29 is 9.53 Å². The highest BCUT2D eigenvalue weighted by molar-refractivity contribution is 5.81. The number of methoxy groups -OCH3 is 1. The summed E-state index contributed by atoms with van der Waals surface area (Å²) in [6, 6.07) is 5.71. The number of rotatable bonds is 3. The number of ether oxygens (including phenoxy) is 1. The minimum Gasteiger partial charge on any atom is -0.481 e. The number of hydrogen-bond donors (Lipinski definition) is 0. The number of pyridine rings is 1. The summed E-state index contributed by atoms with van der Waals surface area (Å²) in [5, 5.41) is 0. The molecule has 1 aliphatic heterocycles. The van der Waals surface area contributed by atoms with Crippen molar-refractivity contribution in [2.45, 2.75) is 19.4 Å². The van der Waals surface area contributed by atoms with Crippen LogP contribution < -0.4 is 4.74 Å². The quantitative estimate of drug-likeness (QED) is 0.769. The average molecular weight is 220 g/mol. The van der Waals surface area contributed by atoms with Crippen molar-refractivity contribution in [3.8, 4) is 5.88 Å². The zero-order valence-electron chi connectivity index (χ0n) is 9.48. The topological polar surface area (TPSA) is 42.4 Å². The van der Waals surface area contributed by atoms with Gasteiger partial charge in [-0.3, -0.25) is 9.69 Å². The molecule has 0 unspecified atom stereocenters. The van der Waals surface area contributed by atoms with Crippen molar-refractivity contribution >= 4 is 5.78 Å². The van der Waals surface area contributed by atoms with Crippen LogP contribution in [0, 0.1) is 0 Å². The first kappa shape index (κ1) is 11.1. The van der Waals surface area contributed by atoms with Gasteiger partial charge in [-0.05, 0) is 19.0 Å². The van der Waals surface area contributed by atoms with Crippen molar-refractivity contribution in [1.29, 1.82) is 0 Å². The van der Waals surface area contributed by atoms with Gasteiger partial charge in [0, 0.05) is 19.0 Å². The van der Waals surface area contributed by atoms with Gasteiger partial charge in [0.15, 0.2) is 0 Å². The lowest BCUT2D eigenvalue weighted by molar-refractivity contribution is -0.122. The van der Waals surface area contributed by atoms with Crippen LogP contribution in [0.4, 0.5) is 0 Å². The van der Waals surface area contributed by atoms with E-state index in [1.54, 1.807) is 7.11 Å². The van der Waals surface area contributed by atoms with E-state index in [2.05, 4.69) is 9.88 Å². The van der Waals surface area contributed by atoms with Crippen LogP contribution in [0.5, 0.6) is 5.88 Å². The van der Waals surface area contributed by atoms with E-state index in [4.69, 9.17) is 4.74 Å². The molecule has 1 aliphatic rings. The molecule has 1 saturated heterocycles. The third-order valence-corrected chi connectivity index (χ3v) is 2.71. The van der Waals surface area contributed by atoms with Crippen molar-refractivity contribution in [3.05, 3.63) is 23.9 Å². The van der Waals surface area contributed by atoms with E-state index in [9.17, 15) is 4.79 Å². The maximum Gasteiger partial charge on any atom is 0.213 e. The Bertz CT molecular complexity index is 379. The molecule has 0 N–H and O–H groups in total. The van der Waals surface area contributed by atoms with Gasteiger partial charge in [-0.2, -0.15) is 0 Å². The molecule has 1 aromatic heterocycles. The fraction of sp³-hybridized carbons (Fsp3) is 0.500. The van der Waals surface area contributed by atoms with Gasteiger partial charge in [0.2, 0.25) is 5.88 Å². The van der Waals surface area contributed by atoms with E-state index in [-0.39, 0.29) is 0 Å². The Kier molecular flexibility index (Phi) is 3.51. The smallest absolute Gasteiger partial charge is 0.213 e. The molecule has 2 rings (SSSR count). The summed E-state index contributed by atoms with van der Waals surface area (Å²) in [6.07, 6.45) is 1.69. The Morgan fingerprint density at radius 2 is 2.38 bits per heavy atom. The van der Waals surface area contributed by atoms with Crippen LogP contribution in [0.25, 0.3) is 0 Å². The first-order valence-corrected chi connectivity index (χ1v) is 5.52. The molecule has 4 nitrogen and oxygen atoms in total. The van der Waals surface area contributed by atoms with Crippen molar-refractivity contribution in [2.75, 3.05) is 20.2 Å². The Hall–Kier alpha value is -1.42. The zero-order valence-corrected chi connectivity index (χ0v) is 9.48. The molecule has 0 amide bonds. The lowest BCUT2D eigenvalue weighted by Gasteiger charge is -2.25. The number of carbonyl (C=O) groups excluding carboxylic acids is 1. The number of Topliss-reactive ketones (excluding diaryl/α,β-unsaturated/α-hetero) is 1. The van der Waals surface area contributed by atoms with Gasteiger partial charge in [0.1, 0.15) is 5.78 Å². The molecular weight excluding hydrogens is 204 g/mol. The summed E-state index contributed by atoms with van der Waals surface area (Å²) < 4.78 is 5.07. The first-order chi connectivity index (χ1) is 7.78. The number of likely N-dealkylation sites (tertiary alicyclic amines) is 1. The first-order valence-electron chi connectivity index (χ1n) is 5.52. The number of hydrogen-bond acceptors (Lipinski definition) is 4. The van der Waals surface area contributed by atoms with E-state index in [0.717, 1.165) is 31.6 Å². The maximum atomic E-state index is 11.3. The van der Waals surface area contributed by atoms with Gasteiger partial charge in [-0.25, -0.2) is 4.98 Å². The minimum atomic E-state index is 0.328. The molecule has 0 radical (unpaired) electrons. The predicted octanol–water partition coefficient (Wildman–Crippen LogP) is 1.26. The Morgan fingerprint density at radius 3 is 3.12 bits per heavy atom. The predicted molar refractivity (Wildman–Crippen MR) is 60.3 cm³/mol. The van der Waals surface area contributed by atoms with Crippen molar-refractivity contribution in [3.63, 3.8) is 0 Å². The van der Waals surface area contributed by atoms with Crippen LogP contribution in [0.1, 0.15) is 18.5 Å². The summed E-state index contributed by atoms with van der Waals surface area (Å²) in [7, 11) is 1.61. The van der Waals surface area contributed by atoms with Crippen LogP contribution in [-0.2, 0) is 11.3 Å². The second-order valence-electron chi connectivity index (χ2n) is 4.02. The fourth-order valence-corrected chi connectivity index (χ4v) is 1.93. The summed E-state index contributed by atoms with van der Waals surface area (Å²) in [4.78, 5) is 17.8. The van der Waals surface area contributed by atoms with Crippen LogP contribution in [-0.4, -0.2) is 35.9 Å². The molecule has 86 valence electrons. The molecule has 0 saturated carbocycles. The second kappa shape index (κ2) is 5.07. The fourth-order valence-electron chi connectivity index (χ4n) is 1.93. The van der Waals surface area contributed by atoms with Crippen LogP contribution in [0.3, 0.4) is 0 Å². The third-order valence-electron chi connectivity index (χ3n) is 2.71. The van der Waals surface area contributed by atoms with Gasteiger partial charge < -0.3 is 4.74 Å². The largest absolute Gasteiger partial charge is 0.481 e. The maximum absolute atomic E-state index is 11.3. The molecule has 0 aliphatic carbocycles. The Labute approximate surface area is 95.2 Å². The molecule has 0 spiro atoms. The molecule has 1 aromatic rings. The number of ketones is 1. The molecule has 0 atom stereocenters. The molecule has 4 heteroatoms. The van der Waals surface area contributed by atoms with E-state index < -0.39 is 0 Å². The monoisotopic (exact) mass is 220 g/mol. The van der Waals surface area contributed by atoms with Gasteiger partial charge in [0.05, 0.1) is 19.3 Å². The van der Waals surface area contributed by atoms with Gasteiger partial charge >= 0.3 is 0 Å². The molecule has 1 fully saturated rings. The summed E-state index contributed by atoms with van der Waals surface area (Å²) in [5.41, 5.74) is 0.953. The Morgan fingerprint density at radius 1 is 1.50 bits per heavy atom. The third kappa shape index (κ3) is 2.79. The molecule has 0 aromatic carbocycles. The highest BCUT2D eigenvalue weighted by atomic mass is 16.5. The number of carbonyl (C=O) groups is 1. The lowest BCUT2D eigenvalue weighted by atomic mass is 10.1. The summed E-state index contributed by atoms with van der Waals surface area (Å²) >= 11 is 0. The van der Waals surface area contributed by atoms with Crippen molar-refractivity contribution in [1.82, 2.24) is 9.88 Å². The highest BCUT2D eigenvalue weighted by Crippen LogP contribution is 2.12. The molecule has 2 heterocycles. The molecule has 16 heavy (non-hydrogen) atoms. The highest BCUT2D eigenvalue weighted by Gasteiger charge is 2.17. The van der Waals surface area contributed by atoms with Crippen LogP contribution in [0.15, 0.2) is 18.2 Å². The van der Waals surface area contributed by atoms with Crippen LogP contribution >= 0.6 is 0 Å². The second-order valence-corrected chi connectivity index (χ2v) is 4.02. The normalized spacial score (nSPS) is 17.4. The van der Waals surface area contributed by atoms with E-state index >= 15 is 0 Å². The molecule has 0 bridgehead atoms. The van der Waals surface area contributed by atoms with E-state index in [0.29, 0.717) is 18.2 Å². The van der Waals surface area contributed by atoms with E-state index in [1.807, 2.05) is 18.2 Å². The minimum absolute atomic E-state index is 0.328. The zero-order chi connectivity index (χ0) is 11.4. The SMILES string of the molecule is COc1cccc(CN2CCCC(=O)C2)n1. The average Bonchev–Trinajstić information content (AvgIpc) is 2.29. The van der Waals surface area contributed by atoms with E-state index in [1.165, 1.54) is 0 Å². The summed E-state index contributed by atoms with van der Waals surface area (Å²) in [6.45, 7) is 2.26. The van der Waals surface area contributed by atoms with Crippen LogP contribution in [0.2, 0.25) is 0 Å². The van der Waals surface area contributed by atoms with Gasteiger partial charge in [0.25, 0.3) is 0 Å². The standard InChI is InChI=1S/C12H16N2O2/c1-16-12-6-2-4-10(13-12)8-14-7-3-5-11(15)9-14/h2,4,6H,3,5,7-9H2,1H3. The van der Waals surface area contributed by atoms with Gasteiger partial charge in [-0.1, -0.05) is 6.07 Å². The number of nitrogens with zero attached hydrogens (tertiary/aromatic N) is 2. The number of aromatic nitrogens is 1. The van der Waals surface area contributed by atoms with Crippen molar-refractivity contribution in [2.24, 2.45) is 0 Å². The van der Waals surface area contributed by atoms with Gasteiger partial charge in [-0.15, -0.1) is 0 Å². The number of piperidine rings is 1. The Balaban J connectivity index is 1.99.